The Morgan fingerprint density at radius 3 is 2.52 bits per heavy atom. The van der Waals surface area contributed by atoms with Crippen LogP contribution in [0.4, 0.5) is 0 Å². The third-order valence-corrected chi connectivity index (χ3v) is 6.87. The molecule has 174 valence electrons. The van der Waals surface area contributed by atoms with Crippen LogP contribution in [-0.2, 0) is 16.0 Å². The minimum atomic E-state index is -0.936. The molecule has 1 amide bonds. The van der Waals surface area contributed by atoms with Crippen LogP contribution in [0, 0.1) is 13.8 Å². The first kappa shape index (κ1) is 23.3. The monoisotopic (exact) mass is 468 g/mol. The fraction of sp³-hybridized carbons (Fsp3) is 0.385. The number of aryl methyl sites for hydroxylation is 2. The summed E-state index contributed by atoms with van der Waals surface area (Å²) in [6.07, 6.45) is 1.30. The number of carbonyl (C=O) groups is 2. The van der Waals surface area contributed by atoms with Crippen LogP contribution >= 0.6 is 11.6 Å². The Morgan fingerprint density at radius 2 is 1.85 bits per heavy atom. The van der Waals surface area contributed by atoms with Gasteiger partial charge in [-0.15, -0.1) is 0 Å². The van der Waals surface area contributed by atoms with Gasteiger partial charge in [-0.1, -0.05) is 35.9 Å². The summed E-state index contributed by atoms with van der Waals surface area (Å²) in [5, 5.41) is 13.9. The zero-order valence-corrected chi connectivity index (χ0v) is 19.9. The summed E-state index contributed by atoms with van der Waals surface area (Å²) in [4.78, 5) is 25.7. The third-order valence-electron chi connectivity index (χ3n) is 6.58. The van der Waals surface area contributed by atoms with Crippen molar-refractivity contribution in [2.45, 2.75) is 45.7 Å². The van der Waals surface area contributed by atoms with Gasteiger partial charge in [-0.2, -0.15) is 0 Å². The van der Waals surface area contributed by atoms with Gasteiger partial charge in [0.05, 0.1) is 23.2 Å². The second-order valence-corrected chi connectivity index (χ2v) is 9.31. The zero-order chi connectivity index (χ0) is 23.7. The second-order valence-electron chi connectivity index (χ2n) is 8.90. The van der Waals surface area contributed by atoms with Gasteiger partial charge in [0.2, 0.25) is 5.91 Å². The Labute approximate surface area is 199 Å². The van der Waals surface area contributed by atoms with E-state index in [-0.39, 0.29) is 18.0 Å². The Hall–Kier alpha value is -2.83. The molecular formula is C26H29ClN2O4. The molecule has 2 aliphatic rings. The molecule has 2 aliphatic heterocycles. The molecule has 0 saturated carbocycles. The van der Waals surface area contributed by atoms with Gasteiger partial charge >= 0.3 is 5.97 Å². The van der Waals surface area contributed by atoms with Crippen LogP contribution in [0.1, 0.15) is 35.6 Å². The SMILES string of the molecule is CC(=O)N1CC2CC(c3ccc(CCOc4cc(C)c(C)cc4Cl)cc3)=C(C(=O)O)[C@@H](C1)N2. The number of benzene rings is 2. The van der Waals surface area contributed by atoms with E-state index in [1.807, 2.05) is 50.2 Å². The molecule has 4 rings (SSSR count). The molecule has 2 aromatic rings. The molecule has 2 aromatic carbocycles. The van der Waals surface area contributed by atoms with Crippen LogP contribution in [0.2, 0.25) is 5.02 Å². The van der Waals surface area contributed by atoms with Crippen molar-refractivity contribution >= 4 is 29.1 Å². The van der Waals surface area contributed by atoms with Crippen LogP contribution < -0.4 is 10.1 Å². The fourth-order valence-electron chi connectivity index (χ4n) is 4.64. The van der Waals surface area contributed by atoms with Gasteiger partial charge in [-0.3, -0.25) is 4.79 Å². The van der Waals surface area contributed by atoms with Crippen molar-refractivity contribution in [1.29, 1.82) is 0 Å². The normalized spacial score (nSPS) is 20.1. The highest BCUT2D eigenvalue weighted by molar-refractivity contribution is 6.32. The molecular weight excluding hydrogens is 440 g/mol. The van der Waals surface area contributed by atoms with E-state index in [0.29, 0.717) is 42.5 Å². The lowest BCUT2D eigenvalue weighted by molar-refractivity contribution is -0.135. The Bertz CT molecular complexity index is 1110. The molecule has 0 radical (unpaired) electrons. The Morgan fingerprint density at radius 1 is 1.15 bits per heavy atom. The third kappa shape index (κ3) is 5.07. The van der Waals surface area contributed by atoms with Gasteiger partial charge in [0.1, 0.15) is 5.75 Å². The quantitative estimate of drug-likeness (QED) is 0.669. The largest absolute Gasteiger partial charge is 0.492 e. The molecule has 2 bridgehead atoms. The molecule has 0 spiro atoms. The maximum absolute atomic E-state index is 12.1. The van der Waals surface area contributed by atoms with E-state index in [4.69, 9.17) is 16.3 Å². The molecule has 6 nitrogen and oxygen atoms in total. The van der Waals surface area contributed by atoms with E-state index in [9.17, 15) is 14.7 Å². The highest BCUT2D eigenvalue weighted by Gasteiger charge is 2.38. The summed E-state index contributed by atoms with van der Waals surface area (Å²) < 4.78 is 5.89. The fourth-order valence-corrected chi connectivity index (χ4v) is 4.91. The predicted octanol–water partition coefficient (Wildman–Crippen LogP) is 4.01. The summed E-state index contributed by atoms with van der Waals surface area (Å²) in [5.74, 6) is -0.268. The standard InChI is InChI=1S/C26H29ClN2O4/c1-15-10-22(27)24(11-16(15)2)33-9-8-18-4-6-19(7-5-18)21-12-20-13-29(17(3)30)14-23(28-20)25(21)26(31)32/h4-7,10-11,20,23,28H,8-9,12-14H2,1-3H3,(H,31,32)/t20?,23-/m1/s1. The highest BCUT2D eigenvalue weighted by Crippen LogP contribution is 2.33. The molecule has 1 fully saturated rings. The van der Waals surface area contributed by atoms with Crippen LogP contribution in [0.5, 0.6) is 5.75 Å². The number of aliphatic carboxylic acids is 1. The number of hydrogen-bond donors (Lipinski definition) is 2. The van der Waals surface area contributed by atoms with E-state index in [1.54, 1.807) is 4.90 Å². The van der Waals surface area contributed by atoms with Gasteiger partial charge in [-0.05, 0) is 60.2 Å². The first-order valence-electron chi connectivity index (χ1n) is 11.2. The van der Waals surface area contributed by atoms with Crippen molar-refractivity contribution in [3.8, 4) is 5.75 Å². The summed E-state index contributed by atoms with van der Waals surface area (Å²) >= 11 is 6.29. The number of amides is 1. The van der Waals surface area contributed by atoms with Crippen molar-refractivity contribution in [2.75, 3.05) is 19.7 Å². The average molecular weight is 469 g/mol. The van der Waals surface area contributed by atoms with Gasteiger partial charge in [-0.25, -0.2) is 4.79 Å². The smallest absolute Gasteiger partial charge is 0.333 e. The topological polar surface area (TPSA) is 78.9 Å². The van der Waals surface area contributed by atoms with Crippen LogP contribution in [0.3, 0.4) is 0 Å². The number of carboxylic acid groups (broad SMARTS) is 1. The summed E-state index contributed by atoms with van der Waals surface area (Å²) in [6, 6.07) is 11.6. The number of piperazine rings is 1. The van der Waals surface area contributed by atoms with E-state index < -0.39 is 5.97 Å². The van der Waals surface area contributed by atoms with Crippen molar-refractivity contribution in [1.82, 2.24) is 10.2 Å². The number of nitrogens with one attached hydrogen (secondary N) is 1. The van der Waals surface area contributed by atoms with Crippen LogP contribution in [0.25, 0.3) is 5.57 Å². The molecule has 0 aromatic heterocycles. The van der Waals surface area contributed by atoms with Crippen molar-refractivity contribution in [2.24, 2.45) is 0 Å². The molecule has 2 atom stereocenters. The minimum Gasteiger partial charge on any atom is -0.492 e. The Balaban J connectivity index is 1.47. The summed E-state index contributed by atoms with van der Waals surface area (Å²) in [7, 11) is 0. The molecule has 7 heteroatoms. The number of halogens is 1. The maximum atomic E-state index is 12.1. The lowest BCUT2D eigenvalue weighted by Crippen LogP contribution is -2.61. The van der Waals surface area contributed by atoms with Crippen LogP contribution in [-0.4, -0.2) is 53.7 Å². The lowest BCUT2D eigenvalue weighted by atomic mass is 9.83. The number of fused-ring (bicyclic) bond motifs is 2. The predicted molar refractivity (Wildman–Crippen MR) is 129 cm³/mol. The number of carboxylic acids is 1. The Kier molecular flexibility index (Phi) is 6.77. The number of ether oxygens (including phenoxy) is 1. The number of hydrogen-bond acceptors (Lipinski definition) is 4. The van der Waals surface area contributed by atoms with Gasteiger partial charge < -0.3 is 20.1 Å². The second kappa shape index (κ2) is 9.57. The summed E-state index contributed by atoms with van der Waals surface area (Å²) in [5.41, 5.74) is 5.50. The maximum Gasteiger partial charge on any atom is 0.333 e. The van der Waals surface area contributed by atoms with Crippen molar-refractivity contribution in [3.05, 3.63) is 69.2 Å². The average Bonchev–Trinajstić information content (AvgIpc) is 2.76. The van der Waals surface area contributed by atoms with Gasteiger partial charge in [0, 0.05) is 32.5 Å². The lowest BCUT2D eigenvalue weighted by Gasteiger charge is -2.43. The van der Waals surface area contributed by atoms with Gasteiger partial charge in [0.25, 0.3) is 0 Å². The van der Waals surface area contributed by atoms with Crippen LogP contribution in [0.15, 0.2) is 42.0 Å². The minimum absolute atomic E-state index is 0.0201. The number of nitrogens with zero attached hydrogens (tertiary/aromatic N) is 1. The number of rotatable bonds is 6. The van der Waals surface area contributed by atoms with Crippen molar-refractivity contribution < 1.29 is 19.4 Å². The molecule has 33 heavy (non-hydrogen) atoms. The van der Waals surface area contributed by atoms with E-state index in [0.717, 1.165) is 34.2 Å². The van der Waals surface area contributed by atoms with Crippen molar-refractivity contribution in [3.63, 3.8) is 0 Å². The molecule has 0 aliphatic carbocycles. The van der Waals surface area contributed by atoms with E-state index in [2.05, 4.69) is 5.32 Å². The van der Waals surface area contributed by atoms with E-state index in [1.165, 1.54) is 6.92 Å². The molecule has 1 saturated heterocycles. The molecule has 1 unspecified atom stereocenters. The summed E-state index contributed by atoms with van der Waals surface area (Å²) in [6.45, 7) is 7.06. The molecule has 2 heterocycles. The number of carbonyl (C=O) groups excluding carboxylic acids is 1. The zero-order valence-electron chi connectivity index (χ0n) is 19.2. The first-order valence-corrected chi connectivity index (χ1v) is 11.6. The highest BCUT2D eigenvalue weighted by atomic mass is 35.5. The molecule has 2 N–H and O–H groups in total. The first-order chi connectivity index (χ1) is 15.7. The van der Waals surface area contributed by atoms with E-state index >= 15 is 0 Å². The van der Waals surface area contributed by atoms with Gasteiger partial charge in [0.15, 0.2) is 0 Å².